The number of carboxylic acids is 1. The minimum Gasteiger partial charge on any atom is -0.481 e. The molecule has 0 aromatic carbocycles. The normalized spacial score (nSPS) is 17.7. The van der Waals surface area contributed by atoms with E-state index in [0.717, 1.165) is 25.3 Å². The van der Waals surface area contributed by atoms with E-state index in [1.54, 1.807) is 11.3 Å². The quantitative estimate of drug-likeness (QED) is 0.910. The highest BCUT2D eigenvalue weighted by molar-refractivity contribution is 7.09. The van der Waals surface area contributed by atoms with Crippen LogP contribution in [-0.2, 0) is 16.8 Å². The molecule has 4 nitrogen and oxygen atoms in total. The highest BCUT2D eigenvalue weighted by Crippen LogP contribution is 2.27. The lowest BCUT2D eigenvalue weighted by molar-refractivity contribution is -0.139. The Hall–Kier alpha value is -0.940. The molecule has 0 aliphatic carbocycles. The van der Waals surface area contributed by atoms with E-state index < -0.39 is 5.97 Å². The zero-order valence-corrected chi connectivity index (χ0v) is 12.0. The second kappa shape index (κ2) is 4.97. The summed E-state index contributed by atoms with van der Waals surface area (Å²) in [6, 6.07) is 0. The summed E-state index contributed by atoms with van der Waals surface area (Å²) in [5.41, 5.74) is 1.22. The lowest BCUT2D eigenvalue weighted by Crippen LogP contribution is -2.46. The molecule has 1 aromatic rings. The number of hydrogen-bond acceptors (Lipinski definition) is 4. The van der Waals surface area contributed by atoms with Gasteiger partial charge in [0.2, 0.25) is 0 Å². The summed E-state index contributed by atoms with van der Waals surface area (Å²) in [6.07, 6.45) is 0.292. The Bertz CT molecular complexity index is 430. The predicted molar refractivity (Wildman–Crippen MR) is 71.8 cm³/mol. The van der Waals surface area contributed by atoms with E-state index in [1.807, 2.05) is 0 Å². The first-order valence-corrected chi connectivity index (χ1v) is 7.11. The molecule has 0 amide bonds. The van der Waals surface area contributed by atoms with Crippen LogP contribution >= 0.6 is 11.3 Å². The highest BCUT2D eigenvalue weighted by Gasteiger charge is 2.29. The van der Waals surface area contributed by atoms with Gasteiger partial charge in [-0.3, -0.25) is 9.69 Å². The maximum atomic E-state index is 10.6. The van der Waals surface area contributed by atoms with Crippen LogP contribution in [0.3, 0.4) is 0 Å². The molecule has 0 spiro atoms. The first kappa shape index (κ1) is 13.5. The van der Waals surface area contributed by atoms with Gasteiger partial charge in [0.05, 0.1) is 17.1 Å². The Morgan fingerprint density at radius 2 is 2.22 bits per heavy atom. The number of aliphatic carboxylic acids is 1. The summed E-state index contributed by atoms with van der Waals surface area (Å²) < 4.78 is 0. The molecule has 2 rings (SSSR count). The van der Waals surface area contributed by atoms with Gasteiger partial charge in [-0.25, -0.2) is 4.98 Å². The number of rotatable bonds is 4. The molecular formula is C13H20N2O2S. The van der Waals surface area contributed by atoms with Crippen molar-refractivity contribution in [2.45, 2.75) is 39.2 Å². The molecule has 18 heavy (non-hydrogen) atoms. The van der Waals surface area contributed by atoms with Crippen molar-refractivity contribution >= 4 is 17.3 Å². The van der Waals surface area contributed by atoms with E-state index in [1.165, 1.54) is 5.01 Å². The molecule has 1 N–H and O–H groups in total. The maximum Gasteiger partial charge on any atom is 0.303 e. The molecule has 5 heteroatoms. The zero-order chi connectivity index (χ0) is 13.3. The van der Waals surface area contributed by atoms with Crippen molar-refractivity contribution in [3.05, 3.63) is 16.1 Å². The Morgan fingerprint density at radius 1 is 1.56 bits per heavy atom. The summed E-state index contributed by atoms with van der Waals surface area (Å²) in [5.74, 6) is -0.369. The molecule has 1 fully saturated rings. The Labute approximate surface area is 112 Å². The number of nitrogens with zero attached hydrogens (tertiary/aromatic N) is 2. The fourth-order valence-electron chi connectivity index (χ4n) is 2.14. The van der Waals surface area contributed by atoms with Crippen molar-refractivity contribution in [1.29, 1.82) is 0 Å². The van der Waals surface area contributed by atoms with E-state index in [9.17, 15) is 4.79 Å². The molecule has 0 radical (unpaired) electrons. The standard InChI is InChI=1S/C13H20N2O2S/c1-13(2,3)12-14-10(8-18-12)7-15-5-9(6-15)4-11(16)17/h8-9H,4-7H2,1-3H3,(H,16,17). The molecule has 100 valence electrons. The zero-order valence-electron chi connectivity index (χ0n) is 11.1. The third-order valence-electron chi connectivity index (χ3n) is 3.08. The predicted octanol–water partition coefficient (Wildman–Crippen LogP) is 2.35. The largest absolute Gasteiger partial charge is 0.481 e. The molecule has 0 bridgehead atoms. The third kappa shape index (κ3) is 3.29. The average molecular weight is 268 g/mol. The van der Waals surface area contributed by atoms with E-state index in [4.69, 9.17) is 5.11 Å². The summed E-state index contributed by atoms with van der Waals surface area (Å²) in [6.45, 7) is 9.12. The number of carboxylic acid groups (broad SMARTS) is 1. The van der Waals surface area contributed by atoms with Crippen molar-refractivity contribution < 1.29 is 9.90 Å². The van der Waals surface area contributed by atoms with Crippen LogP contribution < -0.4 is 0 Å². The molecule has 0 atom stereocenters. The first-order valence-electron chi connectivity index (χ1n) is 6.23. The van der Waals surface area contributed by atoms with E-state index in [2.05, 4.69) is 36.0 Å². The SMILES string of the molecule is CC(C)(C)c1nc(CN2CC(CC(=O)O)C2)cs1. The van der Waals surface area contributed by atoms with Gasteiger partial charge >= 0.3 is 5.97 Å². The van der Waals surface area contributed by atoms with Crippen LogP contribution in [-0.4, -0.2) is 34.0 Å². The van der Waals surface area contributed by atoms with Gasteiger partial charge in [-0.15, -0.1) is 11.3 Å². The van der Waals surface area contributed by atoms with Crippen LogP contribution in [0, 0.1) is 5.92 Å². The fourth-order valence-corrected chi connectivity index (χ4v) is 3.03. The number of carbonyl (C=O) groups is 1. The highest BCUT2D eigenvalue weighted by atomic mass is 32.1. The van der Waals surface area contributed by atoms with Gasteiger partial charge in [0.25, 0.3) is 0 Å². The van der Waals surface area contributed by atoms with Gasteiger partial charge in [-0.05, 0) is 5.92 Å². The number of thiazole rings is 1. The van der Waals surface area contributed by atoms with E-state index in [0.29, 0.717) is 12.3 Å². The second-order valence-corrected chi connectivity index (χ2v) is 6.91. The van der Waals surface area contributed by atoms with Crippen LogP contribution in [0.15, 0.2) is 5.38 Å². The van der Waals surface area contributed by atoms with Crippen LogP contribution in [0.5, 0.6) is 0 Å². The van der Waals surface area contributed by atoms with Crippen molar-refractivity contribution in [2.24, 2.45) is 5.92 Å². The molecule has 1 aromatic heterocycles. The van der Waals surface area contributed by atoms with Crippen LogP contribution in [0.4, 0.5) is 0 Å². The number of likely N-dealkylation sites (tertiary alicyclic amines) is 1. The smallest absolute Gasteiger partial charge is 0.303 e. The minimum absolute atomic E-state index is 0.115. The van der Waals surface area contributed by atoms with Gasteiger partial charge in [-0.2, -0.15) is 0 Å². The number of hydrogen-bond donors (Lipinski definition) is 1. The molecule has 1 aliphatic rings. The second-order valence-electron chi connectivity index (χ2n) is 6.05. The van der Waals surface area contributed by atoms with Crippen molar-refractivity contribution in [3.8, 4) is 0 Å². The van der Waals surface area contributed by atoms with Crippen LogP contribution in [0.1, 0.15) is 37.9 Å². The maximum absolute atomic E-state index is 10.6. The summed E-state index contributed by atoms with van der Waals surface area (Å²) >= 11 is 1.71. The van der Waals surface area contributed by atoms with Gasteiger partial charge in [0, 0.05) is 30.4 Å². The van der Waals surface area contributed by atoms with Crippen LogP contribution in [0.25, 0.3) is 0 Å². The van der Waals surface area contributed by atoms with E-state index >= 15 is 0 Å². The summed E-state index contributed by atoms with van der Waals surface area (Å²) in [4.78, 5) is 17.5. The fraction of sp³-hybridized carbons (Fsp3) is 0.692. The molecule has 1 saturated heterocycles. The Balaban J connectivity index is 1.82. The molecule has 0 unspecified atom stereocenters. The lowest BCUT2D eigenvalue weighted by atomic mass is 9.96. The van der Waals surface area contributed by atoms with Gasteiger partial charge in [0.15, 0.2) is 0 Å². The van der Waals surface area contributed by atoms with Crippen LogP contribution in [0.2, 0.25) is 0 Å². The van der Waals surface area contributed by atoms with Crippen molar-refractivity contribution in [2.75, 3.05) is 13.1 Å². The Kier molecular flexibility index (Phi) is 3.73. The average Bonchev–Trinajstić information content (AvgIpc) is 2.61. The monoisotopic (exact) mass is 268 g/mol. The molecule has 1 aliphatic heterocycles. The number of aromatic nitrogens is 1. The lowest BCUT2D eigenvalue weighted by Gasteiger charge is -2.38. The van der Waals surface area contributed by atoms with Gasteiger partial charge in [-0.1, -0.05) is 20.8 Å². The molecule has 2 heterocycles. The first-order chi connectivity index (χ1) is 8.34. The minimum atomic E-state index is -0.691. The Morgan fingerprint density at radius 3 is 2.72 bits per heavy atom. The van der Waals surface area contributed by atoms with Gasteiger partial charge < -0.3 is 5.11 Å². The summed E-state index contributed by atoms with van der Waals surface area (Å²) in [5, 5.41) is 12.0. The van der Waals surface area contributed by atoms with Gasteiger partial charge in [0.1, 0.15) is 0 Å². The molecule has 0 saturated carbocycles. The van der Waals surface area contributed by atoms with E-state index in [-0.39, 0.29) is 5.41 Å². The van der Waals surface area contributed by atoms with Crippen molar-refractivity contribution in [3.63, 3.8) is 0 Å². The topological polar surface area (TPSA) is 53.4 Å². The van der Waals surface area contributed by atoms with Crippen molar-refractivity contribution in [1.82, 2.24) is 9.88 Å². The molecular weight excluding hydrogens is 248 g/mol. The third-order valence-corrected chi connectivity index (χ3v) is 4.39. The summed E-state index contributed by atoms with van der Waals surface area (Å²) in [7, 11) is 0.